The van der Waals surface area contributed by atoms with E-state index in [9.17, 15) is 9.90 Å². The predicted molar refractivity (Wildman–Crippen MR) is 69.8 cm³/mol. The maximum Gasteiger partial charge on any atom is 0.334 e. The van der Waals surface area contributed by atoms with Crippen molar-refractivity contribution in [3.8, 4) is 0 Å². The summed E-state index contributed by atoms with van der Waals surface area (Å²) in [4.78, 5) is 11.6. The summed E-state index contributed by atoms with van der Waals surface area (Å²) in [6.45, 7) is 7.62. The van der Waals surface area contributed by atoms with E-state index in [1.165, 1.54) is 0 Å². The Morgan fingerprint density at radius 3 is 3.00 bits per heavy atom. The van der Waals surface area contributed by atoms with Crippen LogP contribution in [0.2, 0.25) is 0 Å². The third-order valence-corrected chi connectivity index (χ3v) is 3.79. The summed E-state index contributed by atoms with van der Waals surface area (Å²) in [5.41, 5.74) is 1.74. The van der Waals surface area contributed by atoms with Gasteiger partial charge in [-0.15, -0.1) is 0 Å². The lowest BCUT2D eigenvalue weighted by Crippen LogP contribution is -2.24. The van der Waals surface area contributed by atoms with Crippen LogP contribution in [0.1, 0.15) is 26.7 Å². The summed E-state index contributed by atoms with van der Waals surface area (Å²) < 4.78 is 5.43. The van der Waals surface area contributed by atoms with Crippen molar-refractivity contribution in [2.24, 2.45) is 11.8 Å². The largest absolute Gasteiger partial charge is 0.458 e. The Morgan fingerprint density at radius 2 is 2.33 bits per heavy atom. The highest BCUT2D eigenvalue weighted by atomic mass is 16.6. The number of aliphatic hydroxyl groups excluding tert-OH is 1. The quantitative estimate of drug-likeness (QED) is 0.603. The van der Waals surface area contributed by atoms with Crippen molar-refractivity contribution in [3.63, 3.8) is 0 Å². The molecule has 18 heavy (non-hydrogen) atoms. The molecule has 3 heteroatoms. The Kier molecular flexibility index (Phi) is 3.71. The molecule has 1 N–H and O–H groups in total. The van der Waals surface area contributed by atoms with Crippen molar-refractivity contribution in [2.45, 2.75) is 38.9 Å². The monoisotopic (exact) mass is 248 g/mol. The van der Waals surface area contributed by atoms with Crippen LogP contribution in [0.15, 0.2) is 36.0 Å². The van der Waals surface area contributed by atoms with Crippen LogP contribution in [0, 0.1) is 11.8 Å². The molecule has 1 aliphatic carbocycles. The smallest absolute Gasteiger partial charge is 0.334 e. The van der Waals surface area contributed by atoms with Crippen LogP contribution in [0.3, 0.4) is 0 Å². The molecule has 98 valence electrons. The second-order valence-electron chi connectivity index (χ2n) is 5.17. The molecular formula is C15H20O3. The zero-order chi connectivity index (χ0) is 13.3. The van der Waals surface area contributed by atoms with Crippen LogP contribution < -0.4 is 0 Å². The minimum Gasteiger partial charge on any atom is -0.458 e. The number of esters is 1. The molecular weight excluding hydrogens is 228 g/mol. The second-order valence-corrected chi connectivity index (χ2v) is 5.17. The highest BCUT2D eigenvalue weighted by Crippen LogP contribution is 2.39. The highest BCUT2D eigenvalue weighted by Gasteiger charge is 2.42. The predicted octanol–water partition coefficient (Wildman–Crippen LogP) is 2.38. The third-order valence-electron chi connectivity index (χ3n) is 3.79. The van der Waals surface area contributed by atoms with Crippen molar-refractivity contribution >= 4 is 5.97 Å². The SMILES string of the molecule is C=C1C(=O)O[C@H]2[C@H](C)C(/C=C/C(C)O)=CCC[C@H]12. The van der Waals surface area contributed by atoms with Gasteiger partial charge in [0.15, 0.2) is 0 Å². The molecule has 3 nitrogen and oxygen atoms in total. The number of fused-ring (bicyclic) bond motifs is 1. The molecule has 2 rings (SSSR count). The lowest BCUT2D eigenvalue weighted by Gasteiger charge is -2.22. The van der Waals surface area contributed by atoms with Crippen molar-refractivity contribution in [2.75, 3.05) is 0 Å². The van der Waals surface area contributed by atoms with Crippen LogP contribution in [-0.4, -0.2) is 23.3 Å². The summed E-state index contributed by atoms with van der Waals surface area (Å²) >= 11 is 0. The van der Waals surface area contributed by atoms with Crippen LogP contribution in [-0.2, 0) is 9.53 Å². The zero-order valence-corrected chi connectivity index (χ0v) is 10.9. The second kappa shape index (κ2) is 5.11. The number of carbonyl (C=O) groups is 1. The van der Waals surface area contributed by atoms with Gasteiger partial charge in [0, 0.05) is 17.4 Å². The van der Waals surface area contributed by atoms with Crippen LogP contribution in [0.5, 0.6) is 0 Å². The minimum absolute atomic E-state index is 0.0996. The van der Waals surface area contributed by atoms with Crippen LogP contribution >= 0.6 is 0 Å². The maximum absolute atomic E-state index is 11.6. The van der Waals surface area contributed by atoms with E-state index in [4.69, 9.17) is 4.74 Å². The lowest BCUT2D eigenvalue weighted by atomic mass is 9.85. The minimum atomic E-state index is -0.460. The first-order chi connectivity index (χ1) is 8.50. The summed E-state index contributed by atoms with van der Waals surface area (Å²) in [6, 6.07) is 0. The molecule has 0 saturated carbocycles. The van der Waals surface area contributed by atoms with E-state index in [-0.39, 0.29) is 23.9 Å². The van der Waals surface area contributed by atoms with Crippen molar-refractivity contribution < 1.29 is 14.6 Å². The Labute approximate surface area is 108 Å². The normalized spacial score (nSPS) is 33.9. The number of hydrogen-bond donors (Lipinski definition) is 1. The molecule has 1 heterocycles. The van der Waals surface area contributed by atoms with Crippen molar-refractivity contribution in [1.82, 2.24) is 0 Å². The third kappa shape index (κ3) is 2.41. The molecule has 1 unspecified atom stereocenters. The van der Waals surface area contributed by atoms with Gasteiger partial charge in [0.2, 0.25) is 0 Å². The molecule has 0 aromatic rings. The van der Waals surface area contributed by atoms with E-state index in [1.807, 2.05) is 6.08 Å². The van der Waals surface area contributed by atoms with Gasteiger partial charge in [-0.1, -0.05) is 31.7 Å². The number of allylic oxidation sites excluding steroid dienone is 2. The topological polar surface area (TPSA) is 46.5 Å². The van der Waals surface area contributed by atoms with Crippen LogP contribution in [0.25, 0.3) is 0 Å². The first kappa shape index (κ1) is 13.1. The standard InChI is InChI=1S/C15H20O3/c1-9(16)7-8-12-5-4-6-13-11(3)15(17)18-14(13)10(12)2/h5,7-10,13-14,16H,3-4,6H2,1-2H3/b8-7+/t9?,10-,13-,14+/m1/s1. The molecule has 1 aliphatic heterocycles. The summed E-state index contributed by atoms with van der Waals surface area (Å²) in [6.07, 6.45) is 7.13. The molecule has 0 aromatic carbocycles. The van der Waals surface area contributed by atoms with Gasteiger partial charge in [0.1, 0.15) is 6.10 Å². The Hall–Kier alpha value is -1.35. The fourth-order valence-corrected chi connectivity index (χ4v) is 2.70. The summed E-state index contributed by atoms with van der Waals surface area (Å²) in [7, 11) is 0. The van der Waals surface area contributed by atoms with Crippen molar-refractivity contribution in [1.29, 1.82) is 0 Å². The first-order valence-electron chi connectivity index (χ1n) is 6.46. The van der Waals surface area contributed by atoms with E-state index in [1.54, 1.807) is 13.0 Å². The molecule has 4 atom stereocenters. The van der Waals surface area contributed by atoms with Gasteiger partial charge in [-0.25, -0.2) is 4.79 Å². The van der Waals surface area contributed by atoms with E-state index >= 15 is 0 Å². The van der Waals surface area contributed by atoms with Gasteiger partial charge in [-0.05, 0) is 25.3 Å². The average Bonchev–Trinajstić information content (AvgIpc) is 2.51. The molecule has 0 amide bonds. The van der Waals surface area contributed by atoms with E-state index < -0.39 is 6.10 Å². The first-order valence-corrected chi connectivity index (χ1v) is 6.46. The van der Waals surface area contributed by atoms with E-state index in [2.05, 4.69) is 19.6 Å². The Morgan fingerprint density at radius 1 is 1.61 bits per heavy atom. The number of carbonyl (C=O) groups excluding carboxylic acids is 1. The fourth-order valence-electron chi connectivity index (χ4n) is 2.70. The number of hydrogen-bond acceptors (Lipinski definition) is 3. The van der Waals surface area contributed by atoms with E-state index in [0.717, 1.165) is 18.4 Å². The highest BCUT2D eigenvalue weighted by molar-refractivity contribution is 5.90. The van der Waals surface area contributed by atoms with E-state index in [0.29, 0.717) is 5.57 Å². The number of ether oxygens (including phenoxy) is 1. The molecule has 0 aromatic heterocycles. The van der Waals surface area contributed by atoms with Gasteiger partial charge >= 0.3 is 5.97 Å². The molecule has 1 fully saturated rings. The molecule has 1 saturated heterocycles. The maximum atomic E-state index is 11.6. The molecule has 0 spiro atoms. The number of aliphatic hydroxyl groups is 1. The average molecular weight is 248 g/mol. The Balaban J connectivity index is 2.20. The molecule has 2 aliphatic rings. The Bertz CT molecular complexity index is 417. The fraction of sp³-hybridized carbons (Fsp3) is 0.533. The zero-order valence-electron chi connectivity index (χ0n) is 10.9. The number of rotatable bonds is 2. The summed E-state index contributed by atoms with van der Waals surface area (Å²) in [5.74, 6) is 0.0366. The molecule has 0 radical (unpaired) electrons. The van der Waals surface area contributed by atoms with Gasteiger partial charge in [-0.2, -0.15) is 0 Å². The summed E-state index contributed by atoms with van der Waals surface area (Å²) in [5, 5.41) is 9.30. The van der Waals surface area contributed by atoms with Gasteiger partial charge < -0.3 is 9.84 Å². The van der Waals surface area contributed by atoms with Gasteiger partial charge in [0.05, 0.1) is 6.10 Å². The molecule has 0 bridgehead atoms. The van der Waals surface area contributed by atoms with Crippen molar-refractivity contribution in [3.05, 3.63) is 36.0 Å². The van der Waals surface area contributed by atoms with Crippen LogP contribution in [0.4, 0.5) is 0 Å². The van der Waals surface area contributed by atoms with Gasteiger partial charge in [0.25, 0.3) is 0 Å². The lowest BCUT2D eigenvalue weighted by molar-refractivity contribution is -0.140. The van der Waals surface area contributed by atoms with Gasteiger partial charge in [-0.3, -0.25) is 0 Å².